The van der Waals surface area contributed by atoms with E-state index in [-0.39, 0.29) is 5.91 Å². The van der Waals surface area contributed by atoms with Crippen LogP contribution in [0.15, 0.2) is 47.8 Å². The quantitative estimate of drug-likeness (QED) is 0.556. The van der Waals surface area contributed by atoms with Crippen LogP contribution in [0.4, 0.5) is 13.2 Å². The Morgan fingerprint density at radius 1 is 1.12 bits per heavy atom. The van der Waals surface area contributed by atoms with E-state index in [4.69, 9.17) is 0 Å². The minimum absolute atomic E-state index is 0.203. The van der Waals surface area contributed by atoms with Gasteiger partial charge in [0.05, 0.1) is 11.1 Å². The first-order valence-electron chi connectivity index (χ1n) is 7.68. The number of hydrogen-bond donors (Lipinski definition) is 1. The predicted octanol–water partition coefficient (Wildman–Crippen LogP) is 4.62. The summed E-state index contributed by atoms with van der Waals surface area (Å²) in [6.07, 6.45) is -4.38. The van der Waals surface area contributed by atoms with E-state index in [0.717, 1.165) is 28.4 Å². The highest BCUT2D eigenvalue weighted by Crippen LogP contribution is 2.34. The molecule has 2 heterocycles. The number of nitrogens with zero attached hydrogens (tertiary/aromatic N) is 2. The number of carbonyl (C=O) groups excluding carboxylic acids is 1. The van der Waals surface area contributed by atoms with Crippen LogP contribution in [0.3, 0.4) is 0 Å². The van der Waals surface area contributed by atoms with Gasteiger partial charge < -0.3 is 5.32 Å². The van der Waals surface area contributed by atoms with Gasteiger partial charge in [-0.15, -0.1) is 0 Å². The van der Waals surface area contributed by atoms with Crippen LogP contribution in [0.2, 0.25) is 0 Å². The van der Waals surface area contributed by atoms with Crippen molar-refractivity contribution in [2.45, 2.75) is 6.18 Å². The first-order chi connectivity index (χ1) is 12.4. The number of aromatic nitrogens is 2. The van der Waals surface area contributed by atoms with Gasteiger partial charge in [0, 0.05) is 34.5 Å². The van der Waals surface area contributed by atoms with Gasteiger partial charge in [-0.3, -0.25) is 9.36 Å². The predicted molar refractivity (Wildman–Crippen MR) is 94.8 cm³/mol. The third-order valence-electron chi connectivity index (χ3n) is 4.23. The van der Waals surface area contributed by atoms with Crippen molar-refractivity contribution in [2.24, 2.45) is 0 Å². The van der Waals surface area contributed by atoms with Gasteiger partial charge >= 0.3 is 6.18 Å². The molecular weight excluding hydrogens is 363 g/mol. The fourth-order valence-corrected chi connectivity index (χ4v) is 3.65. The third-order valence-corrected chi connectivity index (χ3v) is 4.85. The Labute approximate surface area is 150 Å². The molecule has 2 aromatic carbocycles. The van der Waals surface area contributed by atoms with Gasteiger partial charge in [-0.25, -0.2) is 0 Å². The minimum Gasteiger partial charge on any atom is -0.355 e. The summed E-state index contributed by atoms with van der Waals surface area (Å²) in [5.41, 5.74) is 1.82. The van der Waals surface area contributed by atoms with E-state index in [0.29, 0.717) is 16.9 Å². The summed E-state index contributed by atoms with van der Waals surface area (Å²) in [6, 6.07) is 10.2. The van der Waals surface area contributed by atoms with Crippen LogP contribution in [0.5, 0.6) is 0 Å². The van der Waals surface area contributed by atoms with Crippen molar-refractivity contribution >= 4 is 39.4 Å². The minimum atomic E-state index is -4.38. The number of benzene rings is 2. The van der Waals surface area contributed by atoms with Gasteiger partial charge in [0.1, 0.15) is 0 Å². The van der Waals surface area contributed by atoms with Crippen molar-refractivity contribution in [1.82, 2.24) is 14.3 Å². The molecule has 0 unspecified atom stereocenters. The number of carbonyl (C=O) groups is 1. The SMILES string of the molecule is CNC(=O)c1ccc2c(c1)c1csnc1n2-c1ccc(C(F)(F)F)cc1. The summed E-state index contributed by atoms with van der Waals surface area (Å²) in [5, 5.41) is 6.13. The molecule has 1 N–H and O–H groups in total. The lowest BCUT2D eigenvalue weighted by Crippen LogP contribution is -2.17. The number of rotatable bonds is 2. The second-order valence-corrected chi connectivity index (χ2v) is 6.37. The highest BCUT2D eigenvalue weighted by Gasteiger charge is 2.30. The molecule has 0 aliphatic carbocycles. The molecule has 0 spiro atoms. The first-order valence-corrected chi connectivity index (χ1v) is 8.52. The number of fused-ring (bicyclic) bond motifs is 3. The maximum Gasteiger partial charge on any atom is 0.416 e. The molecule has 2 aromatic heterocycles. The molecule has 1 amide bonds. The average molecular weight is 375 g/mol. The van der Waals surface area contributed by atoms with Crippen LogP contribution >= 0.6 is 11.5 Å². The Morgan fingerprint density at radius 2 is 1.85 bits per heavy atom. The number of hydrogen-bond acceptors (Lipinski definition) is 3. The van der Waals surface area contributed by atoms with Crippen molar-refractivity contribution in [2.75, 3.05) is 7.05 Å². The molecule has 26 heavy (non-hydrogen) atoms. The van der Waals surface area contributed by atoms with E-state index < -0.39 is 11.7 Å². The fourth-order valence-electron chi connectivity index (χ4n) is 2.98. The molecule has 4 aromatic rings. The lowest BCUT2D eigenvalue weighted by Gasteiger charge is -2.10. The summed E-state index contributed by atoms with van der Waals surface area (Å²) in [7, 11) is 1.56. The Bertz CT molecular complexity index is 1130. The standard InChI is InChI=1S/C18H12F3N3OS/c1-22-17(25)10-2-7-15-13(8-10)14-9-26-23-16(14)24(15)12-5-3-11(4-6-12)18(19,20)21/h2-9H,1H3,(H,22,25). The summed E-state index contributed by atoms with van der Waals surface area (Å²) in [6.45, 7) is 0. The average Bonchev–Trinajstić information content (AvgIpc) is 3.20. The van der Waals surface area contributed by atoms with Crippen molar-refractivity contribution in [3.8, 4) is 5.69 Å². The van der Waals surface area contributed by atoms with Gasteiger partial charge in [0.15, 0.2) is 5.65 Å². The lowest BCUT2D eigenvalue weighted by atomic mass is 10.1. The Hall–Kier alpha value is -2.87. The summed E-state index contributed by atoms with van der Waals surface area (Å²) in [4.78, 5) is 11.9. The normalized spacial score (nSPS) is 12.0. The van der Waals surface area contributed by atoms with Gasteiger partial charge in [0.25, 0.3) is 5.91 Å². The van der Waals surface area contributed by atoms with Crippen LogP contribution in [0, 0.1) is 0 Å². The Morgan fingerprint density at radius 3 is 2.50 bits per heavy atom. The van der Waals surface area contributed by atoms with Gasteiger partial charge in [0.2, 0.25) is 0 Å². The molecule has 8 heteroatoms. The van der Waals surface area contributed by atoms with Gasteiger partial charge in [-0.05, 0) is 54.0 Å². The first kappa shape index (κ1) is 16.6. The van der Waals surface area contributed by atoms with Crippen LogP contribution in [0.25, 0.3) is 27.6 Å². The highest BCUT2D eigenvalue weighted by molar-refractivity contribution is 7.05. The fraction of sp³-hybridized carbons (Fsp3) is 0.111. The van der Waals surface area contributed by atoms with E-state index in [9.17, 15) is 18.0 Å². The third kappa shape index (κ3) is 2.53. The van der Waals surface area contributed by atoms with E-state index in [1.54, 1.807) is 29.8 Å². The molecule has 0 saturated heterocycles. The zero-order valence-corrected chi connectivity index (χ0v) is 14.3. The monoisotopic (exact) mass is 375 g/mol. The Kier molecular flexibility index (Phi) is 3.73. The molecule has 0 atom stereocenters. The summed E-state index contributed by atoms with van der Waals surface area (Å²) < 4.78 is 44.6. The number of nitrogens with one attached hydrogen (secondary N) is 1. The number of halogens is 3. The van der Waals surface area contributed by atoms with E-state index in [1.807, 2.05) is 5.38 Å². The molecule has 0 saturated carbocycles. The zero-order chi connectivity index (χ0) is 18.5. The lowest BCUT2D eigenvalue weighted by molar-refractivity contribution is -0.137. The zero-order valence-electron chi connectivity index (χ0n) is 13.5. The molecule has 132 valence electrons. The van der Waals surface area contributed by atoms with Crippen molar-refractivity contribution in [3.05, 3.63) is 59.0 Å². The second kappa shape index (κ2) is 5.84. The van der Waals surface area contributed by atoms with Crippen molar-refractivity contribution in [1.29, 1.82) is 0 Å². The highest BCUT2D eigenvalue weighted by atomic mass is 32.1. The van der Waals surface area contributed by atoms with Crippen LogP contribution in [0.1, 0.15) is 15.9 Å². The molecule has 4 rings (SSSR count). The van der Waals surface area contributed by atoms with Crippen molar-refractivity contribution < 1.29 is 18.0 Å². The Balaban J connectivity index is 1.94. The molecule has 0 fully saturated rings. The maximum atomic E-state index is 12.8. The molecule has 0 aliphatic heterocycles. The van der Waals surface area contributed by atoms with E-state index >= 15 is 0 Å². The topological polar surface area (TPSA) is 46.9 Å². The summed E-state index contributed by atoms with van der Waals surface area (Å²) in [5.74, 6) is -0.203. The summed E-state index contributed by atoms with van der Waals surface area (Å²) >= 11 is 1.26. The van der Waals surface area contributed by atoms with Crippen LogP contribution < -0.4 is 5.32 Å². The largest absolute Gasteiger partial charge is 0.416 e. The molecule has 0 radical (unpaired) electrons. The van der Waals surface area contributed by atoms with Crippen LogP contribution in [-0.2, 0) is 6.18 Å². The van der Waals surface area contributed by atoms with Crippen LogP contribution in [-0.4, -0.2) is 21.9 Å². The van der Waals surface area contributed by atoms with Gasteiger partial charge in [-0.1, -0.05) is 0 Å². The molecular formula is C18H12F3N3OS. The van der Waals surface area contributed by atoms with Gasteiger partial charge in [-0.2, -0.15) is 17.5 Å². The maximum absolute atomic E-state index is 12.8. The molecule has 0 bridgehead atoms. The smallest absolute Gasteiger partial charge is 0.355 e. The number of alkyl halides is 3. The van der Waals surface area contributed by atoms with E-state index in [1.165, 1.54) is 23.7 Å². The van der Waals surface area contributed by atoms with Crippen molar-refractivity contribution in [3.63, 3.8) is 0 Å². The molecule has 0 aliphatic rings. The van der Waals surface area contributed by atoms with E-state index in [2.05, 4.69) is 9.69 Å². The number of amides is 1. The second-order valence-electron chi connectivity index (χ2n) is 5.74. The molecule has 4 nitrogen and oxygen atoms in total.